The molecule has 9 heteroatoms. The van der Waals surface area contributed by atoms with Gasteiger partial charge in [0.1, 0.15) is 5.75 Å². The van der Waals surface area contributed by atoms with Crippen LogP contribution in [0.2, 0.25) is 0 Å². The number of carbonyl (C=O) groups is 1. The summed E-state index contributed by atoms with van der Waals surface area (Å²) in [4.78, 5) is 12.4. The van der Waals surface area contributed by atoms with E-state index in [-0.39, 0.29) is 11.7 Å². The van der Waals surface area contributed by atoms with Crippen LogP contribution < -0.4 is 10.2 Å². The van der Waals surface area contributed by atoms with Crippen LogP contribution in [0.25, 0.3) is 17.1 Å². The van der Waals surface area contributed by atoms with Crippen molar-refractivity contribution in [2.75, 3.05) is 12.4 Å². The average Bonchev–Trinajstić information content (AvgIpc) is 3.29. The Morgan fingerprint density at radius 1 is 1.06 bits per heavy atom. The summed E-state index contributed by atoms with van der Waals surface area (Å²) >= 11 is 4.77. The van der Waals surface area contributed by atoms with Crippen LogP contribution in [0.15, 0.2) is 93.6 Å². The number of benzene rings is 3. The van der Waals surface area contributed by atoms with E-state index in [1.165, 1.54) is 11.8 Å². The van der Waals surface area contributed by atoms with Gasteiger partial charge in [0.15, 0.2) is 11.0 Å². The fourth-order valence-electron chi connectivity index (χ4n) is 3.12. The Bertz CT molecular complexity index is 1260. The van der Waals surface area contributed by atoms with E-state index in [0.29, 0.717) is 17.6 Å². The Balaban J connectivity index is 1.44. The van der Waals surface area contributed by atoms with Crippen molar-refractivity contribution in [3.05, 3.63) is 88.9 Å². The molecule has 0 unspecified atom stereocenters. The maximum Gasteiger partial charge on any atom is 0.250 e. The number of hydrazone groups is 1. The molecule has 1 N–H and O–H groups in total. The van der Waals surface area contributed by atoms with Gasteiger partial charge in [-0.05, 0) is 61.0 Å². The number of halogens is 1. The molecule has 1 amide bonds. The average molecular weight is 536 g/mol. The number of hydrogen-bond donors (Lipinski definition) is 1. The molecule has 0 aliphatic carbocycles. The fourth-order valence-corrected chi connectivity index (χ4v) is 4.13. The lowest BCUT2D eigenvalue weighted by Gasteiger charge is -2.10. The third-order valence-corrected chi connectivity index (χ3v) is 6.13. The Labute approximate surface area is 210 Å². The summed E-state index contributed by atoms with van der Waals surface area (Å²) in [6.07, 6.45) is 1.59. The molecule has 4 rings (SSSR count). The first-order valence-corrected chi connectivity index (χ1v) is 12.4. The number of hydrogen-bond acceptors (Lipinski definition) is 6. The van der Waals surface area contributed by atoms with E-state index in [1.807, 2.05) is 90.4 Å². The molecule has 0 fully saturated rings. The lowest BCUT2D eigenvalue weighted by molar-refractivity contribution is -0.118. The number of carbonyl (C=O) groups excluding carboxylic acids is 1. The van der Waals surface area contributed by atoms with Crippen molar-refractivity contribution in [2.45, 2.75) is 12.1 Å². The Hall–Kier alpha value is -3.43. The second-order valence-electron chi connectivity index (χ2n) is 7.07. The zero-order valence-electron chi connectivity index (χ0n) is 18.4. The van der Waals surface area contributed by atoms with Crippen molar-refractivity contribution in [3.8, 4) is 22.8 Å². The molecule has 0 radical (unpaired) electrons. The van der Waals surface area contributed by atoms with Crippen molar-refractivity contribution >= 4 is 39.8 Å². The predicted octanol–water partition coefficient (Wildman–Crippen LogP) is 5.34. The van der Waals surface area contributed by atoms with Gasteiger partial charge in [-0.15, -0.1) is 10.2 Å². The summed E-state index contributed by atoms with van der Waals surface area (Å²) in [5.74, 6) is 1.41. The number of nitrogens with one attached hydrogen (secondary N) is 1. The number of rotatable bonds is 9. The second kappa shape index (κ2) is 11.6. The highest BCUT2D eigenvalue weighted by molar-refractivity contribution is 9.10. The lowest BCUT2D eigenvalue weighted by atomic mass is 10.2. The highest BCUT2D eigenvalue weighted by Crippen LogP contribution is 2.28. The minimum atomic E-state index is -0.237. The van der Waals surface area contributed by atoms with E-state index in [2.05, 4.69) is 36.7 Å². The fraction of sp³-hybridized carbons (Fsp3) is 0.120. The highest BCUT2D eigenvalue weighted by atomic mass is 79.9. The van der Waals surface area contributed by atoms with Crippen molar-refractivity contribution in [1.29, 1.82) is 0 Å². The van der Waals surface area contributed by atoms with Crippen LogP contribution in [0.3, 0.4) is 0 Å². The van der Waals surface area contributed by atoms with Crippen molar-refractivity contribution in [2.24, 2.45) is 5.10 Å². The summed E-state index contributed by atoms with van der Waals surface area (Å²) in [6, 6.07) is 25.2. The third kappa shape index (κ3) is 6.12. The molecule has 1 heterocycles. The molecule has 3 aromatic carbocycles. The van der Waals surface area contributed by atoms with Gasteiger partial charge in [0, 0.05) is 15.7 Å². The van der Waals surface area contributed by atoms with Gasteiger partial charge in [-0.1, -0.05) is 58.0 Å². The number of aromatic nitrogens is 3. The molecular formula is C25H22BrN5O2S. The van der Waals surface area contributed by atoms with E-state index in [1.54, 1.807) is 6.21 Å². The zero-order valence-corrected chi connectivity index (χ0v) is 20.8. The quantitative estimate of drug-likeness (QED) is 0.178. The van der Waals surface area contributed by atoms with E-state index in [0.717, 1.165) is 27.0 Å². The van der Waals surface area contributed by atoms with Gasteiger partial charge in [0.2, 0.25) is 0 Å². The van der Waals surface area contributed by atoms with Crippen LogP contribution in [0.5, 0.6) is 5.75 Å². The van der Waals surface area contributed by atoms with Crippen LogP contribution in [0.1, 0.15) is 12.5 Å². The topological polar surface area (TPSA) is 81.4 Å². The summed E-state index contributed by atoms with van der Waals surface area (Å²) in [5, 5.41) is 13.4. The largest absolute Gasteiger partial charge is 0.494 e. The molecule has 0 atom stereocenters. The van der Waals surface area contributed by atoms with Gasteiger partial charge in [0.25, 0.3) is 5.91 Å². The van der Waals surface area contributed by atoms with Gasteiger partial charge in [0.05, 0.1) is 18.6 Å². The second-order valence-corrected chi connectivity index (χ2v) is 8.93. The number of ether oxygens (including phenoxy) is 1. The van der Waals surface area contributed by atoms with Crippen LogP contribution in [0, 0.1) is 0 Å². The monoisotopic (exact) mass is 535 g/mol. The van der Waals surface area contributed by atoms with Gasteiger partial charge in [-0.25, -0.2) is 5.43 Å². The van der Waals surface area contributed by atoms with E-state index < -0.39 is 0 Å². The molecule has 0 aliphatic rings. The maximum absolute atomic E-state index is 12.4. The van der Waals surface area contributed by atoms with E-state index in [9.17, 15) is 4.79 Å². The Morgan fingerprint density at radius 2 is 1.79 bits per heavy atom. The molecule has 0 spiro atoms. The van der Waals surface area contributed by atoms with Gasteiger partial charge < -0.3 is 4.74 Å². The minimum Gasteiger partial charge on any atom is -0.494 e. The predicted molar refractivity (Wildman–Crippen MR) is 139 cm³/mol. The normalized spacial score (nSPS) is 11.0. The molecule has 7 nitrogen and oxygen atoms in total. The van der Waals surface area contributed by atoms with Crippen molar-refractivity contribution in [3.63, 3.8) is 0 Å². The molecule has 0 bridgehead atoms. The van der Waals surface area contributed by atoms with Gasteiger partial charge >= 0.3 is 0 Å². The van der Waals surface area contributed by atoms with Gasteiger partial charge in [-0.3, -0.25) is 9.36 Å². The molecule has 1 aromatic heterocycles. The molecule has 0 saturated heterocycles. The van der Waals surface area contributed by atoms with Gasteiger partial charge in [-0.2, -0.15) is 5.10 Å². The summed E-state index contributed by atoms with van der Waals surface area (Å²) in [6.45, 7) is 2.55. The van der Waals surface area contributed by atoms with Crippen LogP contribution in [-0.2, 0) is 4.79 Å². The summed E-state index contributed by atoms with van der Waals surface area (Å²) in [7, 11) is 0. The van der Waals surface area contributed by atoms with Crippen LogP contribution in [-0.4, -0.2) is 39.2 Å². The first-order chi connectivity index (χ1) is 16.6. The smallest absolute Gasteiger partial charge is 0.250 e. The minimum absolute atomic E-state index is 0.143. The standard InChI is InChI=1S/C25H22BrN5O2S/c1-2-33-22-14-8-18(9-15-22)16-27-28-23(32)17-34-25-30-29-24(19-6-4-3-5-7-19)31(25)21-12-10-20(26)11-13-21/h3-16H,2,17H2,1H3,(H,28,32)/b27-16+. The lowest BCUT2D eigenvalue weighted by Crippen LogP contribution is -2.20. The van der Waals surface area contributed by atoms with E-state index >= 15 is 0 Å². The highest BCUT2D eigenvalue weighted by Gasteiger charge is 2.17. The zero-order chi connectivity index (χ0) is 23.8. The third-order valence-electron chi connectivity index (χ3n) is 4.68. The van der Waals surface area contributed by atoms with Crippen molar-refractivity contribution < 1.29 is 9.53 Å². The molecule has 0 saturated carbocycles. The molecule has 172 valence electrons. The SMILES string of the molecule is CCOc1ccc(/C=N/NC(=O)CSc2nnc(-c3ccccc3)n2-c2ccc(Br)cc2)cc1. The Morgan fingerprint density at radius 3 is 2.50 bits per heavy atom. The Kier molecular flexibility index (Phi) is 8.11. The maximum atomic E-state index is 12.4. The first-order valence-electron chi connectivity index (χ1n) is 10.6. The molecule has 4 aromatic rings. The number of amides is 1. The summed E-state index contributed by atoms with van der Waals surface area (Å²) in [5.41, 5.74) is 5.27. The van der Waals surface area contributed by atoms with Crippen LogP contribution >= 0.6 is 27.7 Å². The first kappa shape index (κ1) is 23.7. The molecule has 34 heavy (non-hydrogen) atoms. The number of nitrogens with zero attached hydrogens (tertiary/aromatic N) is 4. The van der Waals surface area contributed by atoms with E-state index in [4.69, 9.17) is 4.74 Å². The number of thioether (sulfide) groups is 1. The molecule has 0 aliphatic heterocycles. The summed E-state index contributed by atoms with van der Waals surface area (Å²) < 4.78 is 8.35. The molecular weight excluding hydrogens is 514 g/mol. The van der Waals surface area contributed by atoms with Crippen molar-refractivity contribution in [1.82, 2.24) is 20.2 Å². The van der Waals surface area contributed by atoms with Crippen LogP contribution in [0.4, 0.5) is 0 Å².